The predicted octanol–water partition coefficient (Wildman–Crippen LogP) is 7.60. The van der Waals surface area contributed by atoms with E-state index in [9.17, 15) is 0 Å². The molecule has 0 atom stereocenters. The van der Waals surface area contributed by atoms with Crippen molar-refractivity contribution in [1.82, 2.24) is 0 Å². The van der Waals surface area contributed by atoms with E-state index >= 15 is 0 Å². The number of hydrogen-bond donors (Lipinski definition) is 0. The molecule has 0 saturated heterocycles. The van der Waals surface area contributed by atoms with Crippen molar-refractivity contribution >= 4 is 0 Å². The molecule has 0 N–H and O–H groups in total. The highest BCUT2D eigenvalue weighted by Crippen LogP contribution is 2.28. The standard InChI is InChI=1S/C32H38O2/c1-4-28-21-32(34-23-27-13-9-6-10-14-27)30(19-25(28)3)17-16-29-20-31(18-15-24(29)2)33-22-26-11-7-5-8-12-26/h1,15,18-21,26-27H,5-14,22-23H2,2-3H3. The quantitative estimate of drug-likeness (QED) is 0.418. The van der Waals surface area contributed by atoms with Crippen molar-refractivity contribution in [1.29, 1.82) is 0 Å². The van der Waals surface area contributed by atoms with E-state index in [0.29, 0.717) is 11.8 Å². The zero-order chi connectivity index (χ0) is 23.8. The third-order valence-electron chi connectivity index (χ3n) is 7.43. The smallest absolute Gasteiger partial charge is 0.136 e. The molecule has 0 radical (unpaired) electrons. The van der Waals surface area contributed by atoms with Crippen molar-refractivity contribution in [3.8, 4) is 35.7 Å². The first-order valence-corrected chi connectivity index (χ1v) is 13.1. The van der Waals surface area contributed by atoms with Gasteiger partial charge in [0, 0.05) is 11.1 Å². The summed E-state index contributed by atoms with van der Waals surface area (Å²) < 4.78 is 12.5. The van der Waals surface area contributed by atoms with Crippen LogP contribution in [-0.2, 0) is 0 Å². The fourth-order valence-electron chi connectivity index (χ4n) is 5.15. The highest BCUT2D eigenvalue weighted by atomic mass is 16.5. The molecular formula is C32H38O2. The van der Waals surface area contributed by atoms with Crippen LogP contribution in [0.4, 0.5) is 0 Å². The Balaban J connectivity index is 1.51. The molecule has 0 aromatic heterocycles. The van der Waals surface area contributed by atoms with E-state index < -0.39 is 0 Å². The number of ether oxygens (including phenoxy) is 2. The molecule has 2 aromatic carbocycles. The molecule has 2 heteroatoms. The molecule has 34 heavy (non-hydrogen) atoms. The summed E-state index contributed by atoms with van der Waals surface area (Å²) in [5.41, 5.74) is 4.98. The van der Waals surface area contributed by atoms with Crippen LogP contribution >= 0.6 is 0 Å². The second kappa shape index (κ2) is 12.0. The lowest BCUT2D eigenvalue weighted by Gasteiger charge is -2.22. The molecule has 2 nitrogen and oxygen atoms in total. The number of terminal acetylenes is 1. The van der Waals surface area contributed by atoms with Crippen LogP contribution in [0.25, 0.3) is 0 Å². The molecule has 2 saturated carbocycles. The highest BCUT2D eigenvalue weighted by Gasteiger charge is 2.16. The van der Waals surface area contributed by atoms with Gasteiger partial charge in [-0.05, 0) is 86.8 Å². The second-order valence-corrected chi connectivity index (χ2v) is 10.2. The normalized spacial score (nSPS) is 16.9. The Hall–Kier alpha value is -2.84. The summed E-state index contributed by atoms with van der Waals surface area (Å²) in [6.45, 7) is 5.69. The van der Waals surface area contributed by atoms with Crippen LogP contribution < -0.4 is 9.47 Å². The molecule has 0 bridgehead atoms. The summed E-state index contributed by atoms with van der Waals surface area (Å²) in [5, 5.41) is 0. The van der Waals surface area contributed by atoms with Gasteiger partial charge >= 0.3 is 0 Å². The fraction of sp³-hybridized carbons (Fsp3) is 0.500. The molecule has 2 aromatic rings. The zero-order valence-corrected chi connectivity index (χ0v) is 20.9. The van der Waals surface area contributed by atoms with Crippen LogP contribution in [0, 0.1) is 49.9 Å². The molecule has 0 heterocycles. The van der Waals surface area contributed by atoms with E-state index in [2.05, 4.69) is 49.0 Å². The van der Waals surface area contributed by atoms with Gasteiger partial charge in [0.25, 0.3) is 0 Å². The number of benzene rings is 2. The van der Waals surface area contributed by atoms with Gasteiger partial charge in [-0.25, -0.2) is 0 Å². The molecule has 178 valence electrons. The van der Waals surface area contributed by atoms with Gasteiger partial charge in [0.2, 0.25) is 0 Å². The average Bonchev–Trinajstić information content (AvgIpc) is 2.88. The Kier molecular flexibility index (Phi) is 8.60. The summed E-state index contributed by atoms with van der Waals surface area (Å²) in [5.74, 6) is 12.6. The third kappa shape index (κ3) is 6.61. The fourth-order valence-corrected chi connectivity index (χ4v) is 5.15. The maximum Gasteiger partial charge on any atom is 0.136 e. The third-order valence-corrected chi connectivity index (χ3v) is 7.43. The minimum Gasteiger partial charge on any atom is -0.493 e. The van der Waals surface area contributed by atoms with E-state index in [4.69, 9.17) is 15.9 Å². The molecule has 0 aliphatic heterocycles. The van der Waals surface area contributed by atoms with Crippen LogP contribution in [0.1, 0.15) is 92.0 Å². The number of rotatable bonds is 6. The second-order valence-electron chi connectivity index (χ2n) is 10.2. The first kappa shape index (κ1) is 24.3. The largest absolute Gasteiger partial charge is 0.493 e. The van der Waals surface area contributed by atoms with Crippen molar-refractivity contribution in [2.24, 2.45) is 11.8 Å². The summed E-state index contributed by atoms with van der Waals surface area (Å²) in [6, 6.07) is 10.3. The lowest BCUT2D eigenvalue weighted by Crippen LogP contribution is -2.15. The van der Waals surface area contributed by atoms with Gasteiger partial charge in [-0.15, -0.1) is 6.42 Å². The van der Waals surface area contributed by atoms with E-state index in [1.165, 1.54) is 64.2 Å². The number of hydrogen-bond acceptors (Lipinski definition) is 2. The molecule has 4 rings (SSSR count). The molecular weight excluding hydrogens is 416 g/mol. The van der Waals surface area contributed by atoms with E-state index in [0.717, 1.165) is 52.5 Å². The van der Waals surface area contributed by atoms with Crippen LogP contribution in [0.3, 0.4) is 0 Å². The lowest BCUT2D eigenvalue weighted by atomic mass is 9.90. The Morgan fingerprint density at radius 1 is 0.706 bits per heavy atom. The topological polar surface area (TPSA) is 18.5 Å². The minimum atomic E-state index is 0.630. The first-order chi connectivity index (χ1) is 16.6. The van der Waals surface area contributed by atoms with Gasteiger partial charge in [0.1, 0.15) is 11.5 Å². The molecule has 0 unspecified atom stereocenters. The maximum atomic E-state index is 6.30. The summed E-state index contributed by atoms with van der Waals surface area (Å²) >= 11 is 0. The van der Waals surface area contributed by atoms with Gasteiger partial charge in [-0.1, -0.05) is 62.4 Å². The van der Waals surface area contributed by atoms with Crippen molar-refractivity contribution in [3.63, 3.8) is 0 Å². The summed E-state index contributed by atoms with van der Waals surface area (Å²) in [7, 11) is 0. The maximum absolute atomic E-state index is 6.30. The van der Waals surface area contributed by atoms with Crippen LogP contribution in [0.15, 0.2) is 30.3 Å². The van der Waals surface area contributed by atoms with E-state index in [1.807, 2.05) is 13.0 Å². The molecule has 0 amide bonds. The van der Waals surface area contributed by atoms with E-state index in [1.54, 1.807) is 0 Å². The summed E-state index contributed by atoms with van der Waals surface area (Å²) in [4.78, 5) is 0. The van der Waals surface area contributed by atoms with Gasteiger partial charge in [0.15, 0.2) is 0 Å². The van der Waals surface area contributed by atoms with Gasteiger partial charge in [-0.2, -0.15) is 0 Å². The Morgan fingerprint density at radius 3 is 1.97 bits per heavy atom. The Labute approximate surface area is 206 Å². The van der Waals surface area contributed by atoms with Crippen LogP contribution in [-0.4, -0.2) is 13.2 Å². The van der Waals surface area contributed by atoms with Crippen molar-refractivity contribution in [2.75, 3.05) is 13.2 Å². The SMILES string of the molecule is C#Cc1cc(OCC2CCCCC2)c(C#Cc2cc(OCC3CCCCC3)ccc2C)cc1C. The lowest BCUT2D eigenvalue weighted by molar-refractivity contribution is 0.208. The van der Waals surface area contributed by atoms with Crippen LogP contribution in [0.5, 0.6) is 11.5 Å². The minimum absolute atomic E-state index is 0.630. The van der Waals surface area contributed by atoms with Crippen molar-refractivity contribution < 1.29 is 9.47 Å². The Morgan fingerprint density at radius 2 is 1.32 bits per heavy atom. The van der Waals surface area contributed by atoms with Crippen LogP contribution in [0.2, 0.25) is 0 Å². The van der Waals surface area contributed by atoms with Crippen molar-refractivity contribution in [3.05, 3.63) is 58.1 Å². The van der Waals surface area contributed by atoms with Gasteiger partial charge < -0.3 is 9.47 Å². The molecule has 0 spiro atoms. The highest BCUT2D eigenvalue weighted by molar-refractivity contribution is 5.57. The van der Waals surface area contributed by atoms with Gasteiger partial charge in [-0.3, -0.25) is 0 Å². The molecule has 2 aliphatic rings. The zero-order valence-electron chi connectivity index (χ0n) is 20.9. The van der Waals surface area contributed by atoms with E-state index in [-0.39, 0.29) is 0 Å². The molecule has 2 fully saturated rings. The Bertz CT molecular complexity index is 1070. The average molecular weight is 455 g/mol. The monoisotopic (exact) mass is 454 g/mol. The summed E-state index contributed by atoms with van der Waals surface area (Å²) in [6.07, 6.45) is 18.8. The first-order valence-electron chi connectivity index (χ1n) is 13.1. The van der Waals surface area contributed by atoms with Gasteiger partial charge in [0.05, 0.1) is 18.8 Å². The molecule has 2 aliphatic carbocycles. The number of aryl methyl sites for hydroxylation is 2. The van der Waals surface area contributed by atoms with Crippen molar-refractivity contribution in [2.45, 2.75) is 78.1 Å². The predicted molar refractivity (Wildman–Crippen MR) is 140 cm³/mol.